The average molecular weight is 647 g/mol. The van der Waals surface area contributed by atoms with Gasteiger partial charge in [-0.15, -0.1) is 0 Å². The molecule has 2 fully saturated rings. The fourth-order valence-electron chi connectivity index (χ4n) is 6.59. The number of benzene rings is 2. The topological polar surface area (TPSA) is 78.3 Å². The van der Waals surface area contributed by atoms with Crippen LogP contribution in [0.3, 0.4) is 0 Å². The number of amides is 1. The largest absolute Gasteiger partial charge is 0.473 e. The van der Waals surface area contributed by atoms with Gasteiger partial charge in [0.15, 0.2) is 0 Å². The molecule has 6 rings (SSSR count). The molecule has 1 N–H and O–H groups in total. The first kappa shape index (κ1) is 32.5. The predicted molar refractivity (Wildman–Crippen MR) is 180 cm³/mol. The molecule has 1 amide bonds. The van der Waals surface area contributed by atoms with Gasteiger partial charge in [0.2, 0.25) is 11.8 Å². The lowest BCUT2D eigenvalue weighted by Gasteiger charge is -2.28. The van der Waals surface area contributed by atoms with E-state index >= 15 is 0 Å². The second-order valence-corrected chi connectivity index (χ2v) is 13.6. The number of nitrogens with zero attached hydrogens (tertiary/aromatic N) is 3. The van der Waals surface area contributed by atoms with Gasteiger partial charge in [-0.1, -0.05) is 63.3 Å². The number of halogens is 2. The molecule has 244 valence electrons. The lowest BCUT2D eigenvalue weighted by molar-refractivity contribution is -0.118. The fourth-order valence-corrected chi connectivity index (χ4v) is 6.75. The van der Waals surface area contributed by atoms with Crippen molar-refractivity contribution >= 4 is 34.2 Å². The van der Waals surface area contributed by atoms with Crippen LogP contribution in [0.25, 0.3) is 11.0 Å². The zero-order valence-electron chi connectivity index (χ0n) is 26.8. The van der Waals surface area contributed by atoms with Crippen molar-refractivity contribution < 1.29 is 18.7 Å². The second kappa shape index (κ2) is 14.9. The van der Waals surface area contributed by atoms with E-state index in [2.05, 4.69) is 22.0 Å². The molecule has 0 radical (unpaired) electrons. The highest BCUT2D eigenvalue weighted by atomic mass is 35.5. The average Bonchev–Trinajstić information content (AvgIpc) is 3.40. The van der Waals surface area contributed by atoms with Crippen molar-refractivity contribution in [2.24, 2.45) is 11.8 Å². The summed E-state index contributed by atoms with van der Waals surface area (Å²) in [5, 5.41) is 3.39. The molecular weight excluding hydrogens is 603 g/mol. The maximum Gasteiger partial charge on any atom is 0.226 e. The van der Waals surface area contributed by atoms with Gasteiger partial charge in [-0.2, -0.15) is 0 Å². The van der Waals surface area contributed by atoms with E-state index in [0.717, 1.165) is 86.3 Å². The van der Waals surface area contributed by atoms with Gasteiger partial charge in [-0.3, -0.25) is 4.79 Å². The van der Waals surface area contributed by atoms with E-state index in [1.165, 1.54) is 18.9 Å². The normalized spacial score (nSPS) is 20.5. The minimum absolute atomic E-state index is 0.00791. The highest BCUT2D eigenvalue weighted by Crippen LogP contribution is 2.34. The van der Waals surface area contributed by atoms with Crippen LogP contribution >= 0.6 is 11.6 Å². The SMILES string of the molecule is CC(C)C(=O)Nc1ccc2c(c1)nc(CC1CCCCC(c3cccc(OCc4ccc(Cl)cc4F)n3)CCC1)n2C[C@@H]1CCO1. The van der Waals surface area contributed by atoms with Gasteiger partial charge in [0.1, 0.15) is 18.2 Å². The van der Waals surface area contributed by atoms with Crippen LogP contribution in [-0.4, -0.2) is 33.2 Å². The molecule has 4 aromatic rings. The Labute approximate surface area is 275 Å². The zero-order valence-corrected chi connectivity index (χ0v) is 27.6. The van der Waals surface area contributed by atoms with Crippen molar-refractivity contribution in [1.29, 1.82) is 0 Å². The Morgan fingerprint density at radius 2 is 1.85 bits per heavy atom. The van der Waals surface area contributed by atoms with Crippen molar-refractivity contribution in [3.05, 3.63) is 82.5 Å². The first-order valence-electron chi connectivity index (χ1n) is 16.8. The highest BCUT2D eigenvalue weighted by Gasteiger charge is 2.25. The molecule has 1 saturated carbocycles. The minimum atomic E-state index is -0.374. The second-order valence-electron chi connectivity index (χ2n) is 13.2. The number of imidazole rings is 1. The van der Waals surface area contributed by atoms with Crippen LogP contribution in [0.5, 0.6) is 5.88 Å². The molecule has 2 unspecified atom stereocenters. The summed E-state index contributed by atoms with van der Waals surface area (Å²) in [6, 6.07) is 16.6. The number of hydrogen-bond donors (Lipinski definition) is 1. The number of rotatable bonds is 10. The summed E-state index contributed by atoms with van der Waals surface area (Å²) in [6.07, 6.45) is 10.2. The summed E-state index contributed by atoms with van der Waals surface area (Å²) >= 11 is 5.89. The Morgan fingerprint density at radius 1 is 1.04 bits per heavy atom. The lowest BCUT2D eigenvalue weighted by atomic mass is 9.91. The quantitative estimate of drug-likeness (QED) is 0.186. The standard InChI is InChI=1S/C37H44ClFN4O3/c1-24(2)37(44)40-29-15-16-34-33(21-29)41-35(43(34)22-30-17-18-45-30)19-25-7-3-4-9-26(10-5-8-25)32-11-6-12-36(42-32)46-23-27-13-14-28(38)20-31(27)39/h6,11-16,20-21,24-26,30H,3-5,7-10,17-19,22-23H2,1-2H3,(H,40,44)/t25?,26?,30-/m0/s1. The molecule has 3 heterocycles. The van der Waals surface area contributed by atoms with E-state index in [-0.39, 0.29) is 30.4 Å². The molecule has 9 heteroatoms. The Hall–Kier alpha value is -3.49. The number of nitrogens with one attached hydrogen (secondary N) is 1. The molecule has 46 heavy (non-hydrogen) atoms. The van der Waals surface area contributed by atoms with Crippen LogP contribution in [0.4, 0.5) is 10.1 Å². The molecule has 0 bridgehead atoms. The molecule has 2 aromatic heterocycles. The number of hydrogen-bond acceptors (Lipinski definition) is 5. The van der Waals surface area contributed by atoms with Crippen molar-refractivity contribution in [1.82, 2.24) is 14.5 Å². The monoisotopic (exact) mass is 646 g/mol. The van der Waals surface area contributed by atoms with Crippen LogP contribution in [0.1, 0.15) is 88.2 Å². The molecule has 1 aliphatic carbocycles. The molecular formula is C37H44ClFN4O3. The highest BCUT2D eigenvalue weighted by molar-refractivity contribution is 6.30. The van der Waals surface area contributed by atoms with Crippen molar-refractivity contribution in [3.63, 3.8) is 0 Å². The summed E-state index contributed by atoms with van der Waals surface area (Å²) in [7, 11) is 0. The van der Waals surface area contributed by atoms with Gasteiger partial charge in [0.05, 0.1) is 23.7 Å². The lowest BCUT2D eigenvalue weighted by Crippen LogP contribution is -2.32. The van der Waals surface area contributed by atoms with E-state index in [4.69, 9.17) is 31.0 Å². The maximum atomic E-state index is 14.2. The van der Waals surface area contributed by atoms with Gasteiger partial charge in [-0.05, 0) is 68.0 Å². The van der Waals surface area contributed by atoms with Gasteiger partial charge in [0.25, 0.3) is 0 Å². The van der Waals surface area contributed by atoms with Crippen LogP contribution in [0.15, 0.2) is 54.6 Å². The van der Waals surface area contributed by atoms with Crippen molar-refractivity contribution in [3.8, 4) is 5.88 Å². The number of anilines is 1. The Morgan fingerprint density at radius 3 is 2.63 bits per heavy atom. The molecule has 7 nitrogen and oxygen atoms in total. The first-order valence-corrected chi connectivity index (χ1v) is 17.2. The fraction of sp³-hybridized carbons (Fsp3) is 0.486. The van der Waals surface area contributed by atoms with Crippen LogP contribution in [-0.2, 0) is 29.1 Å². The minimum Gasteiger partial charge on any atom is -0.473 e. The number of carbonyl (C=O) groups is 1. The molecule has 3 atom stereocenters. The van der Waals surface area contributed by atoms with Crippen LogP contribution in [0.2, 0.25) is 5.02 Å². The van der Waals surface area contributed by atoms with Crippen LogP contribution < -0.4 is 10.1 Å². The first-order chi connectivity index (χ1) is 22.3. The molecule has 0 spiro atoms. The molecule has 1 saturated heterocycles. The number of ether oxygens (including phenoxy) is 2. The number of pyridine rings is 1. The number of fused-ring (bicyclic) bond motifs is 1. The third kappa shape index (κ3) is 8.07. The Bertz CT molecular complexity index is 1650. The molecule has 1 aliphatic heterocycles. The molecule has 2 aromatic carbocycles. The predicted octanol–water partition coefficient (Wildman–Crippen LogP) is 8.87. The van der Waals surface area contributed by atoms with Crippen molar-refractivity contribution in [2.75, 3.05) is 11.9 Å². The smallest absolute Gasteiger partial charge is 0.226 e. The van der Waals surface area contributed by atoms with Crippen molar-refractivity contribution in [2.45, 2.75) is 96.8 Å². The summed E-state index contributed by atoms with van der Waals surface area (Å²) < 4.78 is 28.3. The third-order valence-corrected chi connectivity index (χ3v) is 9.64. The van der Waals surface area contributed by atoms with E-state index in [1.54, 1.807) is 12.1 Å². The Balaban J connectivity index is 1.11. The maximum absolute atomic E-state index is 14.2. The van der Waals surface area contributed by atoms with Crippen LogP contribution in [0, 0.1) is 17.7 Å². The summed E-state index contributed by atoms with van der Waals surface area (Å²) in [6.45, 7) is 5.54. The van der Waals surface area contributed by atoms with E-state index < -0.39 is 0 Å². The summed E-state index contributed by atoms with van der Waals surface area (Å²) in [5.74, 6) is 2.10. The number of carbonyl (C=O) groups excluding carboxylic acids is 1. The summed E-state index contributed by atoms with van der Waals surface area (Å²) in [5.41, 5.74) is 4.32. The van der Waals surface area contributed by atoms with E-state index in [1.807, 2.05) is 38.1 Å². The number of aromatic nitrogens is 3. The zero-order chi connectivity index (χ0) is 32.0. The van der Waals surface area contributed by atoms with Gasteiger partial charge in [-0.25, -0.2) is 14.4 Å². The van der Waals surface area contributed by atoms with Gasteiger partial charge >= 0.3 is 0 Å². The van der Waals surface area contributed by atoms with Gasteiger partial charge in [0, 0.05) is 52.9 Å². The summed E-state index contributed by atoms with van der Waals surface area (Å²) in [4.78, 5) is 22.3. The molecule has 2 aliphatic rings. The Kier molecular flexibility index (Phi) is 10.5. The van der Waals surface area contributed by atoms with Gasteiger partial charge < -0.3 is 19.4 Å². The third-order valence-electron chi connectivity index (χ3n) is 9.40. The van der Waals surface area contributed by atoms with E-state index in [9.17, 15) is 9.18 Å². The van der Waals surface area contributed by atoms with E-state index in [0.29, 0.717) is 28.3 Å².